The number of likely N-dealkylation sites (N-methyl/N-ethyl adjacent to an activating group) is 1. The van der Waals surface area contributed by atoms with Gasteiger partial charge in [-0.05, 0) is 12.6 Å². The van der Waals surface area contributed by atoms with E-state index >= 15 is 0 Å². The Balaban J connectivity index is 1.86. The number of fused-ring (bicyclic) bond motifs is 1. The van der Waals surface area contributed by atoms with Crippen molar-refractivity contribution in [2.75, 3.05) is 13.1 Å². The van der Waals surface area contributed by atoms with Crippen LogP contribution in [0.1, 0.15) is 12.8 Å². The minimum atomic E-state index is 0.751. The lowest BCUT2D eigenvalue weighted by Crippen LogP contribution is -2.16. The highest BCUT2D eigenvalue weighted by atomic mass is 16.4. The van der Waals surface area contributed by atoms with Gasteiger partial charge in [0.05, 0.1) is 11.8 Å². The highest BCUT2D eigenvalue weighted by Crippen LogP contribution is 2.30. The van der Waals surface area contributed by atoms with E-state index in [0.717, 1.165) is 47.7 Å². The maximum absolute atomic E-state index is 5.77. The predicted octanol–water partition coefficient (Wildman–Crippen LogP) is 3.24. The first-order valence-corrected chi connectivity index (χ1v) is 6.50. The van der Waals surface area contributed by atoms with Crippen LogP contribution in [0, 0.1) is 0 Å². The van der Waals surface area contributed by atoms with Gasteiger partial charge in [-0.25, -0.2) is 4.98 Å². The third-order valence-electron chi connectivity index (χ3n) is 3.07. The van der Waals surface area contributed by atoms with Crippen molar-refractivity contribution < 1.29 is 8.83 Å². The number of furan rings is 1. The summed E-state index contributed by atoms with van der Waals surface area (Å²) in [5.74, 6) is 1.51. The van der Waals surface area contributed by atoms with Gasteiger partial charge < -0.3 is 14.2 Å². The van der Waals surface area contributed by atoms with E-state index in [1.807, 2.05) is 24.3 Å². The van der Waals surface area contributed by atoms with Crippen LogP contribution in [0.15, 0.2) is 45.6 Å². The molecule has 2 heterocycles. The minimum Gasteiger partial charge on any atom is -0.464 e. The molecule has 3 rings (SSSR count). The summed E-state index contributed by atoms with van der Waals surface area (Å²) in [4.78, 5) is 4.30. The molecule has 0 unspecified atom stereocenters. The maximum atomic E-state index is 5.77. The molecule has 1 aromatic carbocycles. The number of benzene rings is 1. The third kappa shape index (κ3) is 2.39. The molecule has 0 fully saturated rings. The average Bonchev–Trinajstić information content (AvgIpc) is 3.05. The Kier molecular flexibility index (Phi) is 3.33. The zero-order valence-electron chi connectivity index (χ0n) is 10.8. The van der Waals surface area contributed by atoms with Crippen molar-refractivity contribution >= 4 is 11.0 Å². The quantitative estimate of drug-likeness (QED) is 0.712. The number of hydrogen-bond donors (Lipinski definition) is 1. The van der Waals surface area contributed by atoms with Gasteiger partial charge in [-0.3, -0.25) is 0 Å². The zero-order chi connectivity index (χ0) is 13.1. The van der Waals surface area contributed by atoms with Crippen molar-refractivity contribution in [3.05, 3.63) is 42.6 Å². The van der Waals surface area contributed by atoms with Crippen molar-refractivity contribution in [1.29, 1.82) is 0 Å². The summed E-state index contributed by atoms with van der Waals surface area (Å²) < 4.78 is 11.3. The van der Waals surface area contributed by atoms with Gasteiger partial charge in [-0.2, -0.15) is 0 Å². The fourth-order valence-electron chi connectivity index (χ4n) is 2.09. The summed E-state index contributed by atoms with van der Waals surface area (Å²) in [7, 11) is 0. The number of para-hydroxylation sites is 1. The molecule has 3 aromatic rings. The van der Waals surface area contributed by atoms with Crippen molar-refractivity contribution in [2.24, 2.45) is 0 Å². The van der Waals surface area contributed by atoms with E-state index in [0.29, 0.717) is 0 Å². The number of hydrogen-bond acceptors (Lipinski definition) is 4. The van der Waals surface area contributed by atoms with Gasteiger partial charge in [0.15, 0.2) is 11.7 Å². The Morgan fingerprint density at radius 2 is 2.16 bits per heavy atom. The van der Waals surface area contributed by atoms with E-state index in [-0.39, 0.29) is 0 Å². The van der Waals surface area contributed by atoms with E-state index < -0.39 is 0 Å². The van der Waals surface area contributed by atoms with Crippen LogP contribution in [-0.2, 0) is 6.42 Å². The molecule has 0 saturated heterocycles. The molecular weight excluding hydrogens is 240 g/mol. The van der Waals surface area contributed by atoms with E-state index in [1.165, 1.54) is 0 Å². The summed E-state index contributed by atoms with van der Waals surface area (Å²) in [6.45, 7) is 3.92. The molecule has 1 N–H and O–H groups in total. The zero-order valence-corrected chi connectivity index (χ0v) is 10.8. The summed E-state index contributed by atoms with van der Waals surface area (Å²) in [5, 5.41) is 4.30. The largest absolute Gasteiger partial charge is 0.464 e. The van der Waals surface area contributed by atoms with Crippen molar-refractivity contribution in [1.82, 2.24) is 10.3 Å². The first-order chi connectivity index (χ1) is 9.38. The monoisotopic (exact) mass is 256 g/mol. The molecule has 0 bridgehead atoms. The summed E-state index contributed by atoms with van der Waals surface area (Å²) in [5.41, 5.74) is 1.82. The van der Waals surface area contributed by atoms with Gasteiger partial charge in [-0.1, -0.05) is 25.1 Å². The molecule has 0 radical (unpaired) electrons. The standard InChI is InChI=1S/C15H16N2O2/c1-2-16-8-7-15-17-9-14(19-15)12-10-18-13-6-4-3-5-11(12)13/h3-6,9-10,16H,2,7-8H2,1H3. The maximum Gasteiger partial charge on any atom is 0.196 e. The fraction of sp³-hybridized carbons (Fsp3) is 0.267. The topological polar surface area (TPSA) is 51.2 Å². The molecule has 0 aliphatic rings. The number of aromatic nitrogens is 1. The van der Waals surface area contributed by atoms with Crippen molar-refractivity contribution in [3.63, 3.8) is 0 Å². The molecule has 0 aliphatic heterocycles. The SMILES string of the molecule is CCNCCc1ncc(-c2coc3ccccc23)o1. The van der Waals surface area contributed by atoms with Crippen LogP contribution in [0.5, 0.6) is 0 Å². The van der Waals surface area contributed by atoms with Gasteiger partial charge in [0.1, 0.15) is 11.8 Å². The van der Waals surface area contributed by atoms with Crippen molar-refractivity contribution in [3.8, 4) is 11.3 Å². The number of rotatable bonds is 5. The number of nitrogens with one attached hydrogen (secondary N) is 1. The van der Waals surface area contributed by atoms with E-state index in [2.05, 4.69) is 17.2 Å². The summed E-state index contributed by atoms with van der Waals surface area (Å²) >= 11 is 0. The molecule has 0 aliphatic carbocycles. The molecular formula is C15H16N2O2. The van der Waals surface area contributed by atoms with Crippen LogP contribution in [0.3, 0.4) is 0 Å². The molecule has 19 heavy (non-hydrogen) atoms. The molecule has 98 valence electrons. The van der Waals surface area contributed by atoms with Crippen LogP contribution in [-0.4, -0.2) is 18.1 Å². The van der Waals surface area contributed by atoms with Crippen LogP contribution in [0.4, 0.5) is 0 Å². The fourth-order valence-corrected chi connectivity index (χ4v) is 2.09. The molecule has 4 nitrogen and oxygen atoms in total. The van der Waals surface area contributed by atoms with Gasteiger partial charge >= 0.3 is 0 Å². The minimum absolute atomic E-state index is 0.751. The van der Waals surface area contributed by atoms with E-state index in [1.54, 1.807) is 12.5 Å². The highest BCUT2D eigenvalue weighted by molar-refractivity contribution is 5.92. The van der Waals surface area contributed by atoms with Crippen LogP contribution in [0.25, 0.3) is 22.3 Å². The van der Waals surface area contributed by atoms with Gasteiger partial charge in [0.25, 0.3) is 0 Å². The third-order valence-corrected chi connectivity index (χ3v) is 3.07. The van der Waals surface area contributed by atoms with E-state index in [4.69, 9.17) is 8.83 Å². The Bertz CT molecular complexity index is 669. The summed E-state index contributed by atoms with van der Waals surface area (Å²) in [6, 6.07) is 7.91. The second-order valence-electron chi connectivity index (χ2n) is 4.37. The Morgan fingerprint density at radius 3 is 3.05 bits per heavy atom. The molecule has 0 spiro atoms. The second-order valence-corrected chi connectivity index (χ2v) is 4.37. The number of oxazole rings is 1. The van der Waals surface area contributed by atoms with E-state index in [9.17, 15) is 0 Å². The smallest absolute Gasteiger partial charge is 0.196 e. The Hall–Kier alpha value is -2.07. The lowest BCUT2D eigenvalue weighted by atomic mass is 10.1. The van der Waals surface area contributed by atoms with Gasteiger partial charge in [0.2, 0.25) is 0 Å². The Morgan fingerprint density at radius 1 is 1.26 bits per heavy atom. The second kappa shape index (κ2) is 5.28. The highest BCUT2D eigenvalue weighted by Gasteiger charge is 2.12. The first kappa shape index (κ1) is 12.0. The lowest BCUT2D eigenvalue weighted by Gasteiger charge is -1.97. The molecule has 2 aromatic heterocycles. The van der Waals surface area contributed by atoms with Crippen LogP contribution >= 0.6 is 0 Å². The molecule has 0 amide bonds. The van der Waals surface area contributed by atoms with Crippen molar-refractivity contribution in [2.45, 2.75) is 13.3 Å². The molecule has 0 atom stereocenters. The van der Waals surface area contributed by atoms with Gasteiger partial charge in [0, 0.05) is 18.4 Å². The lowest BCUT2D eigenvalue weighted by molar-refractivity contribution is 0.496. The van der Waals surface area contributed by atoms with Crippen LogP contribution in [0.2, 0.25) is 0 Å². The first-order valence-electron chi connectivity index (χ1n) is 6.50. The average molecular weight is 256 g/mol. The molecule has 0 saturated carbocycles. The normalized spacial score (nSPS) is 11.2. The Labute approximate surface area is 111 Å². The number of nitrogens with zero attached hydrogens (tertiary/aromatic N) is 1. The predicted molar refractivity (Wildman–Crippen MR) is 74.0 cm³/mol. The van der Waals surface area contributed by atoms with Gasteiger partial charge in [-0.15, -0.1) is 0 Å². The van der Waals surface area contributed by atoms with Crippen LogP contribution < -0.4 is 5.32 Å². The molecule has 4 heteroatoms. The summed E-state index contributed by atoms with van der Waals surface area (Å²) in [6.07, 6.45) is 4.28.